The first-order valence-corrected chi connectivity index (χ1v) is 6.88. The third-order valence-electron chi connectivity index (χ3n) is 2.69. The van der Waals surface area contributed by atoms with Crippen molar-refractivity contribution in [2.45, 2.75) is 32.5 Å². The molecular formula is C16H24O6. The number of aliphatic hydroxyl groups excluding tert-OH is 1. The van der Waals surface area contributed by atoms with Crippen molar-refractivity contribution in [2.24, 2.45) is 0 Å². The van der Waals surface area contributed by atoms with Gasteiger partial charge in [-0.1, -0.05) is 23.8 Å². The summed E-state index contributed by atoms with van der Waals surface area (Å²) in [6, 6.07) is 0. The molecule has 0 fully saturated rings. The van der Waals surface area contributed by atoms with E-state index in [1.165, 1.54) is 32.4 Å². The van der Waals surface area contributed by atoms with E-state index in [1.807, 2.05) is 0 Å². The fourth-order valence-corrected chi connectivity index (χ4v) is 1.42. The molecule has 0 aliphatic heterocycles. The van der Waals surface area contributed by atoms with Crippen LogP contribution in [0.3, 0.4) is 0 Å². The molecule has 0 amide bonds. The van der Waals surface area contributed by atoms with Crippen LogP contribution in [0.1, 0.15) is 20.3 Å². The fraction of sp³-hybridized carbons (Fsp3) is 0.500. The Morgan fingerprint density at radius 2 is 1.77 bits per heavy atom. The molecule has 1 N–H and O–H groups in total. The maximum Gasteiger partial charge on any atom is 0.330 e. The number of carbonyl (C=O) groups is 2. The molecule has 0 aromatic rings. The number of carbonyl (C=O) groups excluding carboxylic acids is 2. The van der Waals surface area contributed by atoms with Gasteiger partial charge in [0.2, 0.25) is 0 Å². The second-order valence-electron chi connectivity index (χ2n) is 4.61. The molecule has 0 aromatic heterocycles. The van der Waals surface area contributed by atoms with Crippen LogP contribution in [0.15, 0.2) is 36.0 Å². The molecule has 0 heterocycles. The molecule has 2 unspecified atom stereocenters. The van der Waals surface area contributed by atoms with E-state index < -0.39 is 24.1 Å². The summed E-state index contributed by atoms with van der Waals surface area (Å²) in [5.74, 6) is -0.861. The zero-order valence-electron chi connectivity index (χ0n) is 13.4. The van der Waals surface area contributed by atoms with Gasteiger partial charge in [-0.25, -0.2) is 9.59 Å². The van der Waals surface area contributed by atoms with Gasteiger partial charge in [0.15, 0.2) is 0 Å². The predicted octanol–water partition coefficient (Wildman–Crippen LogP) is 1.55. The van der Waals surface area contributed by atoms with E-state index in [1.54, 1.807) is 26.0 Å². The third-order valence-corrected chi connectivity index (χ3v) is 2.69. The summed E-state index contributed by atoms with van der Waals surface area (Å²) in [6.45, 7) is 3.75. The molecular weight excluding hydrogens is 288 g/mol. The summed E-state index contributed by atoms with van der Waals surface area (Å²) < 4.78 is 14.5. The lowest BCUT2D eigenvalue weighted by Gasteiger charge is -2.17. The van der Waals surface area contributed by atoms with Crippen LogP contribution in [0.2, 0.25) is 0 Å². The monoisotopic (exact) mass is 312 g/mol. The predicted molar refractivity (Wildman–Crippen MR) is 82.1 cm³/mol. The van der Waals surface area contributed by atoms with E-state index in [4.69, 9.17) is 4.74 Å². The normalized spacial score (nSPS) is 15.0. The summed E-state index contributed by atoms with van der Waals surface area (Å²) >= 11 is 0. The standard InChI is InChI=1S/C16H24O6/c1-12(11-16(19)21-4)9-10-22-14(13(2)17)7-5-6-8-15(18)20-3/h5-8,11,13-14,17H,9-10H2,1-4H3/b7-5+,8-6+,12-11+. The number of ether oxygens (including phenoxy) is 3. The van der Waals surface area contributed by atoms with Gasteiger partial charge in [0.05, 0.1) is 26.9 Å². The SMILES string of the molecule is COC(=O)/C=C/C=C/C(OCC/C(C)=C/C(=O)OC)C(C)O. The Kier molecular flexibility index (Phi) is 10.7. The summed E-state index contributed by atoms with van der Waals surface area (Å²) in [6.07, 6.45) is 6.75. The largest absolute Gasteiger partial charge is 0.466 e. The molecule has 0 aromatic carbocycles. The van der Waals surface area contributed by atoms with Crippen LogP contribution in [-0.4, -0.2) is 50.1 Å². The maximum atomic E-state index is 11.0. The fourth-order valence-electron chi connectivity index (χ4n) is 1.42. The van der Waals surface area contributed by atoms with Crippen LogP contribution in [0, 0.1) is 0 Å². The minimum atomic E-state index is -0.701. The van der Waals surface area contributed by atoms with Crippen molar-refractivity contribution in [3.05, 3.63) is 36.0 Å². The highest BCUT2D eigenvalue weighted by atomic mass is 16.5. The van der Waals surface area contributed by atoms with Crippen LogP contribution < -0.4 is 0 Å². The summed E-state index contributed by atoms with van der Waals surface area (Å²) in [5.41, 5.74) is 0.825. The summed E-state index contributed by atoms with van der Waals surface area (Å²) in [5, 5.41) is 9.63. The van der Waals surface area contributed by atoms with Crippen molar-refractivity contribution in [2.75, 3.05) is 20.8 Å². The van der Waals surface area contributed by atoms with Crippen molar-refractivity contribution >= 4 is 11.9 Å². The average Bonchev–Trinajstić information content (AvgIpc) is 2.48. The lowest BCUT2D eigenvalue weighted by atomic mass is 10.2. The number of esters is 2. The molecule has 0 spiro atoms. The van der Waals surface area contributed by atoms with E-state index in [-0.39, 0.29) is 0 Å². The van der Waals surface area contributed by atoms with Crippen LogP contribution in [-0.2, 0) is 23.8 Å². The third kappa shape index (κ3) is 9.90. The van der Waals surface area contributed by atoms with Crippen LogP contribution in [0.25, 0.3) is 0 Å². The van der Waals surface area contributed by atoms with Crippen molar-refractivity contribution in [1.82, 2.24) is 0 Å². The molecule has 0 aliphatic carbocycles. The number of aliphatic hydroxyl groups is 1. The molecule has 22 heavy (non-hydrogen) atoms. The molecule has 6 nitrogen and oxygen atoms in total. The first-order valence-electron chi connectivity index (χ1n) is 6.88. The molecule has 0 saturated heterocycles. The number of allylic oxidation sites excluding steroid dienone is 2. The second-order valence-corrected chi connectivity index (χ2v) is 4.61. The van der Waals surface area contributed by atoms with Gasteiger partial charge >= 0.3 is 11.9 Å². The zero-order chi connectivity index (χ0) is 17.0. The first kappa shape index (κ1) is 20.1. The van der Waals surface area contributed by atoms with Gasteiger partial charge in [-0.15, -0.1) is 0 Å². The Labute approximate surface area is 131 Å². The van der Waals surface area contributed by atoms with Gasteiger partial charge in [0, 0.05) is 12.2 Å². The van der Waals surface area contributed by atoms with E-state index in [0.717, 1.165) is 5.57 Å². The molecule has 2 atom stereocenters. The van der Waals surface area contributed by atoms with Gasteiger partial charge in [0.1, 0.15) is 6.10 Å². The van der Waals surface area contributed by atoms with Gasteiger partial charge < -0.3 is 19.3 Å². The topological polar surface area (TPSA) is 82.1 Å². The molecule has 6 heteroatoms. The summed E-state index contributed by atoms with van der Waals surface area (Å²) in [4.78, 5) is 21.9. The van der Waals surface area contributed by atoms with E-state index in [0.29, 0.717) is 13.0 Å². The zero-order valence-corrected chi connectivity index (χ0v) is 13.4. The Morgan fingerprint density at radius 3 is 2.32 bits per heavy atom. The van der Waals surface area contributed by atoms with E-state index >= 15 is 0 Å². The quantitative estimate of drug-likeness (QED) is 0.395. The number of rotatable bonds is 9. The van der Waals surface area contributed by atoms with Gasteiger partial charge in [-0.3, -0.25) is 0 Å². The number of methoxy groups -OCH3 is 2. The Hall–Kier alpha value is -1.92. The van der Waals surface area contributed by atoms with Gasteiger partial charge in [-0.05, 0) is 20.3 Å². The van der Waals surface area contributed by atoms with Crippen molar-refractivity contribution in [3.8, 4) is 0 Å². The highest BCUT2D eigenvalue weighted by Gasteiger charge is 2.11. The highest BCUT2D eigenvalue weighted by molar-refractivity contribution is 5.82. The maximum absolute atomic E-state index is 11.0. The minimum Gasteiger partial charge on any atom is -0.466 e. The van der Waals surface area contributed by atoms with E-state index in [2.05, 4.69) is 9.47 Å². The molecule has 124 valence electrons. The van der Waals surface area contributed by atoms with Crippen LogP contribution in [0.5, 0.6) is 0 Å². The van der Waals surface area contributed by atoms with E-state index in [9.17, 15) is 14.7 Å². The lowest BCUT2D eigenvalue weighted by Crippen LogP contribution is -2.24. The van der Waals surface area contributed by atoms with Crippen LogP contribution >= 0.6 is 0 Å². The molecule has 0 aliphatic rings. The summed E-state index contributed by atoms with van der Waals surface area (Å²) in [7, 11) is 2.61. The second kappa shape index (κ2) is 11.7. The van der Waals surface area contributed by atoms with Crippen molar-refractivity contribution in [1.29, 1.82) is 0 Å². The Balaban J connectivity index is 4.34. The molecule has 0 bridgehead atoms. The Morgan fingerprint density at radius 1 is 1.14 bits per heavy atom. The molecule has 0 rings (SSSR count). The minimum absolute atomic E-state index is 0.347. The Bertz CT molecular complexity index is 434. The first-order chi connectivity index (χ1) is 10.4. The lowest BCUT2D eigenvalue weighted by molar-refractivity contribution is -0.135. The van der Waals surface area contributed by atoms with Crippen molar-refractivity contribution < 1.29 is 28.9 Å². The smallest absolute Gasteiger partial charge is 0.330 e. The molecule has 0 radical (unpaired) electrons. The van der Waals surface area contributed by atoms with Crippen molar-refractivity contribution in [3.63, 3.8) is 0 Å². The molecule has 0 saturated carbocycles. The highest BCUT2D eigenvalue weighted by Crippen LogP contribution is 2.06. The van der Waals surface area contributed by atoms with Gasteiger partial charge in [0.25, 0.3) is 0 Å². The average molecular weight is 312 g/mol. The van der Waals surface area contributed by atoms with Crippen LogP contribution in [0.4, 0.5) is 0 Å². The number of hydrogen-bond donors (Lipinski definition) is 1. The van der Waals surface area contributed by atoms with Gasteiger partial charge in [-0.2, -0.15) is 0 Å². The number of hydrogen-bond acceptors (Lipinski definition) is 6.